The number of nitrogens with one attached hydrogen (secondary N) is 1. The molecule has 1 aromatic rings. The van der Waals surface area contributed by atoms with Crippen LogP contribution in [0.1, 0.15) is 19.3 Å². The van der Waals surface area contributed by atoms with Gasteiger partial charge in [-0.1, -0.05) is 12.1 Å². The fraction of sp³-hybridized carbons (Fsp3) is 0.529. The summed E-state index contributed by atoms with van der Waals surface area (Å²) >= 11 is 0. The Hall–Kier alpha value is -2.08. The molecule has 2 aliphatic rings. The molecule has 2 amide bonds. The molecule has 23 heavy (non-hydrogen) atoms. The summed E-state index contributed by atoms with van der Waals surface area (Å²) in [4.78, 5) is 28.3. The first-order chi connectivity index (χ1) is 11.2. The van der Waals surface area contributed by atoms with Crippen LogP contribution in [0.15, 0.2) is 24.3 Å². The van der Waals surface area contributed by atoms with Crippen LogP contribution in [0.5, 0.6) is 5.75 Å². The van der Waals surface area contributed by atoms with Crippen LogP contribution in [-0.2, 0) is 9.59 Å². The number of carbonyl (C=O) groups is 2. The topological polar surface area (TPSA) is 61.9 Å². The first kappa shape index (κ1) is 15.8. The lowest BCUT2D eigenvalue weighted by Crippen LogP contribution is -2.42. The number of hydrogen-bond acceptors (Lipinski definition) is 4. The molecule has 0 saturated carbocycles. The number of ether oxygens (including phenoxy) is 1. The Morgan fingerprint density at radius 2 is 2.00 bits per heavy atom. The van der Waals surface area contributed by atoms with E-state index in [4.69, 9.17) is 4.74 Å². The van der Waals surface area contributed by atoms with E-state index in [1.807, 2.05) is 24.3 Å². The molecule has 0 aliphatic carbocycles. The summed E-state index contributed by atoms with van der Waals surface area (Å²) in [6.07, 6.45) is 2.77. The highest BCUT2D eigenvalue weighted by molar-refractivity contribution is 6.00. The van der Waals surface area contributed by atoms with Crippen LogP contribution in [0.25, 0.3) is 0 Å². The lowest BCUT2D eigenvalue weighted by Gasteiger charge is -2.21. The fourth-order valence-electron chi connectivity index (χ4n) is 3.05. The number of para-hydroxylation sites is 2. The monoisotopic (exact) mass is 317 g/mol. The summed E-state index contributed by atoms with van der Waals surface area (Å²) in [5.74, 6) is 0.446. The van der Waals surface area contributed by atoms with E-state index in [1.54, 1.807) is 0 Å². The van der Waals surface area contributed by atoms with Gasteiger partial charge in [0.25, 0.3) is 0 Å². The molecule has 0 unspecified atom stereocenters. The van der Waals surface area contributed by atoms with Crippen LogP contribution >= 0.6 is 0 Å². The van der Waals surface area contributed by atoms with Crippen LogP contribution in [-0.4, -0.2) is 56.0 Å². The van der Waals surface area contributed by atoms with Crippen molar-refractivity contribution in [1.29, 1.82) is 0 Å². The van der Waals surface area contributed by atoms with Gasteiger partial charge >= 0.3 is 0 Å². The van der Waals surface area contributed by atoms with Gasteiger partial charge < -0.3 is 15.0 Å². The van der Waals surface area contributed by atoms with Crippen molar-refractivity contribution >= 4 is 17.5 Å². The van der Waals surface area contributed by atoms with Crippen molar-refractivity contribution in [3.05, 3.63) is 24.3 Å². The lowest BCUT2D eigenvalue weighted by atomic mass is 10.2. The van der Waals surface area contributed by atoms with Crippen molar-refractivity contribution in [3.8, 4) is 5.75 Å². The first-order valence-corrected chi connectivity index (χ1v) is 8.25. The Morgan fingerprint density at radius 3 is 2.83 bits per heavy atom. The van der Waals surface area contributed by atoms with E-state index in [0.717, 1.165) is 19.6 Å². The maximum atomic E-state index is 12.3. The number of amides is 2. The molecule has 0 bridgehead atoms. The maximum absolute atomic E-state index is 12.3. The number of carbonyl (C=O) groups excluding carboxylic acids is 2. The van der Waals surface area contributed by atoms with Crippen molar-refractivity contribution < 1.29 is 14.3 Å². The van der Waals surface area contributed by atoms with E-state index < -0.39 is 0 Å². The SMILES string of the molecule is O=C(CN1C(=O)CCOc2ccccc21)NCCN1CCCC1. The minimum atomic E-state index is -0.130. The number of fused-ring (bicyclic) bond motifs is 1. The molecule has 0 radical (unpaired) electrons. The van der Waals surface area contributed by atoms with Gasteiger partial charge in [0.05, 0.1) is 18.7 Å². The molecule has 0 atom stereocenters. The molecule has 3 rings (SSSR count). The summed E-state index contributed by atoms with van der Waals surface area (Å²) in [7, 11) is 0. The highest BCUT2D eigenvalue weighted by Gasteiger charge is 2.24. The quantitative estimate of drug-likeness (QED) is 0.880. The summed E-state index contributed by atoms with van der Waals surface area (Å²) in [5, 5.41) is 2.91. The second-order valence-electron chi connectivity index (χ2n) is 5.94. The second kappa shape index (κ2) is 7.46. The van der Waals surface area contributed by atoms with Crippen molar-refractivity contribution in [2.75, 3.05) is 44.2 Å². The molecule has 1 saturated heterocycles. The van der Waals surface area contributed by atoms with E-state index in [9.17, 15) is 9.59 Å². The Labute approximate surface area is 136 Å². The average molecular weight is 317 g/mol. The minimum Gasteiger partial charge on any atom is -0.491 e. The van der Waals surface area contributed by atoms with Gasteiger partial charge in [-0.3, -0.25) is 14.5 Å². The third kappa shape index (κ3) is 4.01. The Balaban J connectivity index is 1.56. The molecule has 1 fully saturated rings. The van der Waals surface area contributed by atoms with Gasteiger partial charge in [0.1, 0.15) is 12.3 Å². The molecule has 6 heteroatoms. The Morgan fingerprint density at radius 1 is 1.22 bits per heavy atom. The highest BCUT2D eigenvalue weighted by atomic mass is 16.5. The Bertz CT molecular complexity index is 570. The van der Waals surface area contributed by atoms with Gasteiger partial charge in [-0.2, -0.15) is 0 Å². The predicted octanol–water partition coefficient (Wildman–Crippen LogP) is 1.01. The number of nitrogens with zero attached hydrogens (tertiary/aromatic N) is 2. The summed E-state index contributed by atoms with van der Waals surface area (Å²) < 4.78 is 5.58. The summed E-state index contributed by atoms with van der Waals surface area (Å²) in [5.41, 5.74) is 0.671. The third-order valence-electron chi connectivity index (χ3n) is 4.28. The van der Waals surface area contributed by atoms with Crippen LogP contribution in [0, 0.1) is 0 Å². The maximum Gasteiger partial charge on any atom is 0.240 e. The zero-order valence-corrected chi connectivity index (χ0v) is 13.3. The number of likely N-dealkylation sites (tertiary alicyclic amines) is 1. The molecule has 6 nitrogen and oxygen atoms in total. The second-order valence-corrected chi connectivity index (χ2v) is 5.94. The van der Waals surface area contributed by atoms with E-state index >= 15 is 0 Å². The van der Waals surface area contributed by atoms with Crippen LogP contribution < -0.4 is 15.0 Å². The molecule has 2 aliphatic heterocycles. The van der Waals surface area contributed by atoms with Crippen LogP contribution in [0.2, 0.25) is 0 Å². The lowest BCUT2D eigenvalue weighted by molar-refractivity contribution is -0.123. The van der Waals surface area contributed by atoms with Crippen molar-refractivity contribution in [2.24, 2.45) is 0 Å². The molecular weight excluding hydrogens is 294 g/mol. The van der Waals surface area contributed by atoms with Crippen molar-refractivity contribution in [2.45, 2.75) is 19.3 Å². The Kier molecular flexibility index (Phi) is 5.12. The van der Waals surface area contributed by atoms with Crippen LogP contribution in [0.3, 0.4) is 0 Å². The summed E-state index contributed by atoms with van der Waals surface area (Å²) in [6, 6.07) is 7.35. The van der Waals surface area contributed by atoms with Crippen molar-refractivity contribution in [3.63, 3.8) is 0 Å². The first-order valence-electron chi connectivity index (χ1n) is 8.25. The number of anilines is 1. The van der Waals surface area contributed by atoms with Gasteiger partial charge in [0.15, 0.2) is 0 Å². The van der Waals surface area contributed by atoms with Gasteiger partial charge in [-0.25, -0.2) is 0 Å². The third-order valence-corrected chi connectivity index (χ3v) is 4.28. The van der Waals surface area contributed by atoms with Gasteiger partial charge in [-0.15, -0.1) is 0 Å². The van der Waals surface area contributed by atoms with Gasteiger partial charge in [0, 0.05) is 13.1 Å². The fourth-order valence-corrected chi connectivity index (χ4v) is 3.05. The largest absolute Gasteiger partial charge is 0.491 e. The highest BCUT2D eigenvalue weighted by Crippen LogP contribution is 2.30. The van der Waals surface area contributed by atoms with E-state index in [0.29, 0.717) is 24.6 Å². The molecule has 124 valence electrons. The standard InChI is InChI=1S/C17H23N3O3/c21-16(18-8-11-19-9-3-4-10-19)13-20-14-5-1-2-6-15(14)23-12-7-17(20)22/h1-2,5-6H,3-4,7-13H2,(H,18,21). The number of rotatable bonds is 5. The zero-order chi connectivity index (χ0) is 16.1. The van der Waals surface area contributed by atoms with E-state index in [1.165, 1.54) is 17.7 Å². The molecule has 1 N–H and O–H groups in total. The number of benzene rings is 1. The summed E-state index contributed by atoms with van der Waals surface area (Å²) in [6.45, 7) is 4.12. The van der Waals surface area contributed by atoms with Crippen LogP contribution in [0.4, 0.5) is 5.69 Å². The molecule has 2 heterocycles. The average Bonchev–Trinajstić information content (AvgIpc) is 3.01. The molecular formula is C17H23N3O3. The van der Waals surface area contributed by atoms with E-state index in [2.05, 4.69) is 10.2 Å². The number of hydrogen-bond donors (Lipinski definition) is 1. The minimum absolute atomic E-state index is 0.0409. The van der Waals surface area contributed by atoms with Gasteiger partial charge in [0.2, 0.25) is 11.8 Å². The van der Waals surface area contributed by atoms with E-state index in [-0.39, 0.29) is 24.8 Å². The van der Waals surface area contributed by atoms with Crippen molar-refractivity contribution in [1.82, 2.24) is 10.2 Å². The molecule has 1 aromatic carbocycles. The zero-order valence-electron chi connectivity index (χ0n) is 13.3. The normalized spacial score (nSPS) is 18.3. The molecule has 0 spiro atoms. The predicted molar refractivity (Wildman–Crippen MR) is 87.6 cm³/mol. The van der Waals surface area contributed by atoms with Gasteiger partial charge in [-0.05, 0) is 38.1 Å². The molecule has 0 aromatic heterocycles. The smallest absolute Gasteiger partial charge is 0.240 e.